The van der Waals surface area contributed by atoms with E-state index < -0.39 is 18.9 Å². The number of ether oxygens (including phenoxy) is 1. The van der Waals surface area contributed by atoms with Crippen LogP contribution in [0.2, 0.25) is 0 Å². The Balaban J connectivity index is 2.15. The van der Waals surface area contributed by atoms with Crippen molar-refractivity contribution in [1.29, 1.82) is 0 Å². The van der Waals surface area contributed by atoms with Gasteiger partial charge in [0, 0.05) is 13.0 Å². The standard InChI is InChI=1S/C8H13F3N4O2/c1-15-13-7(12-14-15)4-6(16)2-3-17-5-8(9,10)11/h6,16H,2-5H2,1H3. The summed E-state index contributed by atoms with van der Waals surface area (Å²) in [4.78, 5) is 1.24. The second-order valence-corrected chi connectivity index (χ2v) is 3.51. The van der Waals surface area contributed by atoms with Crippen molar-refractivity contribution in [2.24, 2.45) is 7.05 Å². The molecule has 0 aliphatic carbocycles. The van der Waals surface area contributed by atoms with E-state index in [2.05, 4.69) is 20.1 Å². The highest BCUT2D eigenvalue weighted by Gasteiger charge is 2.27. The third-order valence-corrected chi connectivity index (χ3v) is 1.83. The first-order valence-corrected chi connectivity index (χ1v) is 4.92. The summed E-state index contributed by atoms with van der Waals surface area (Å²) in [5.41, 5.74) is 0. The molecule has 1 heterocycles. The smallest absolute Gasteiger partial charge is 0.393 e. The first-order valence-electron chi connectivity index (χ1n) is 4.92. The molecule has 1 unspecified atom stereocenters. The third-order valence-electron chi connectivity index (χ3n) is 1.83. The summed E-state index contributed by atoms with van der Waals surface area (Å²) >= 11 is 0. The Hall–Kier alpha value is -1.22. The molecule has 1 atom stereocenters. The van der Waals surface area contributed by atoms with Gasteiger partial charge in [-0.2, -0.15) is 18.0 Å². The van der Waals surface area contributed by atoms with Gasteiger partial charge >= 0.3 is 6.18 Å². The van der Waals surface area contributed by atoms with Crippen molar-refractivity contribution < 1.29 is 23.0 Å². The number of aryl methyl sites for hydroxylation is 1. The minimum absolute atomic E-state index is 0.0916. The molecule has 17 heavy (non-hydrogen) atoms. The molecule has 9 heteroatoms. The zero-order valence-electron chi connectivity index (χ0n) is 9.18. The number of aliphatic hydroxyl groups is 1. The molecule has 1 N–H and O–H groups in total. The zero-order chi connectivity index (χ0) is 12.9. The molecule has 0 bridgehead atoms. The number of aliphatic hydroxyl groups excluding tert-OH is 1. The number of rotatable bonds is 6. The van der Waals surface area contributed by atoms with Crippen LogP contribution in [0.25, 0.3) is 0 Å². The van der Waals surface area contributed by atoms with Gasteiger partial charge in [-0.05, 0) is 11.6 Å². The van der Waals surface area contributed by atoms with Gasteiger partial charge in [-0.3, -0.25) is 0 Å². The lowest BCUT2D eigenvalue weighted by atomic mass is 10.2. The summed E-state index contributed by atoms with van der Waals surface area (Å²) in [6, 6.07) is 0. The van der Waals surface area contributed by atoms with Gasteiger partial charge in [0.1, 0.15) is 6.61 Å². The largest absolute Gasteiger partial charge is 0.411 e. The second-order valence-electron chi connectivity index (χ2n) is 3.51. The van der Waals surface area contributed by atoms with Crippen molar-refractivity contribution >= 4 is 0 Å². The summed E-state index contributed by atoms with van der Waals surface area (Å²) in [6.07, 6.45) is -4.94. The van der Waals surface area contributed by atoms with E-state index in [-0.39, 0.29) is 19.4 Å². The second kappa shape index (κ2) is 5.92. The van der Waals surface area contributed by atoms with Gasteiger partial charge in [0.2, 0.25) is 0 Å². The van der Waals surface area contributed by atoms with E-state index in [1.807, 2.05) is 0 Å². The maximum atomic E-state index is 11.7. The van der Waals surface area contributed by atoms with Gasteiger partial charge < -0.3 is 9.84 Å². The van der Waals surface area contributed by atoms with E-state index in [4.69, 9.17) is 0 Å². The lowest BCUT2D eigenvalue weighted by Crippen LogP contribution is -2.20. The Kier molecular flexibility index (Phi) is 4.82. The van der Waals surface area contributed by atoms with Crippen LogP contribution in [0, 0.1) is 0 Å². The van der Waals surface area contributed by atoms with Crippen LogP contribution in [0.1, 0.15) is 12.2 Å². The number of halogens is 3. The van der Waals surface area contributed by atoms with Gasteiger partial charge in [-0.1, -0.05) is 0 Å². The van der Waals surface area contributed by atoms with E-state index in [1.165, 1.54) is 4.80 Å². The lowest BCUT2D eigenvalue weighted by molar-refractivity contribution is -0.175. The maximum Gasteiger partial charge on any atom is 0.411 e. The number of nitrogens with zero attached hydrogens (tertiary/aromatic N) is 4. The fourth-order valence-corrected chi connectivity index (χ4v) is 1.13. The fourth-order valence-electron chi connectivity index (χ4n) is 1.13. The molecule has 0 amide bonds. The number of tetrazole rings is 1. The van der Waals surface area contributed by atoms with E-state index in [0.717, 1.165) is 0 Å². The van der Waals surface area contributed by atoms with Crippen LogP contribution in [0.4, 0.5) is 13.2 Å². The van der Waals surface area contributed by atoms with Gasteiger partial charge in [0.25, 0.3) is 0 Å². The molecule has 1 aromatic rings. The highest BCUT2D eigenvalue weighted by Crippen LogP contribution is 2.14. The van der Waals surface area contributed by atoms with E-state index in [0.29, 0.717) is 5.82 Å². The lowest BCUT2D eigenvalue weighted by Gasteiger charge is -2.10. The molecule has 0 aromatic carbocycles. The van der Waals surface area contributed by atoms with E-state index in [1.54, 1.807) is 7.05 Å². The Labute approximate surface area is 95.4 Å². The average Bonchev–Trinajstić information content (AvgIpc) is 2.57. The number of hydrogen-bond donors (Lipinski definition) is 1. The molecule has 6 nitrogen and oxygen atoms in total. The van der Waals surface area contributed by atoms with E-state index >= 15 is 0 Å². The molecule has 0 aliphatic heterocycles. The number of hydrogen-bond acceptors (Lipinski definition) is 5. The summed E-state index contributed by atoms with van der Waals surface area (Å²) in [7, 11) is 1.58. The van der Waals surface area contributed by atoms with Crippen molar-refractivity contribution in [2.45, 2.75) is 25.1 Å². The van der Waals surface area contributed by atoms with Crippen LogP contribution in [0.3, 0.4) is 0 Å². The minimum Gasteiger partial charge on any atom is -0.393 e. The molecule has 0 fully saturated rings. The Morgan fingerprint density at radius 2 is 2.18 bits per heavy atom. The van der Waals surface area contributed by atoms with Gasteiger partial charge in [0.05, 0.1) is 13.2 Å². The highest BCUT2D eigenvalue weighted by molar-refractivity contribution is 4.80. The minimum atomic E-state index is -4.34. The third kappa shape index (κ3) is 6.17. The number of alkyl halides is 3. The van der Waals surface area contributed by atoms with Gasteiger partial charge in [-0.25, -0.2) is 0 Å². The first kappa shape index (κ1) is 13.8. The van der Waals surface area contributed by atoms with Crippen molar-refractivity contribution in [2.75, 3.05) is 13.2 Å². The topological polar surface area (TPSA) is 73.1 Å². The summed E-state index contributed by atoms with van der Waals surface area (Å²) < 4.78 is 39.5. The molecule has 1 aromatic heterocycles. The van der Waals surface area contributed by atoms with Crippen molar-refractivity contribution in [3.8, 4) is 0 Å². The summed E-state index contributed by atoms with van der Waals surface area (Å²) in [5, 5.41) is 20.5. The van der Waals surface area contributed by atoms with Crippen LogP contribution in [-0.4, -0.2) is 50.8 Å². The first-order chi connectivity index (χ1) is 7.87. The Bertz CT molecular complexity index is 342. The van der Waals surface area contributed by atoms with Crippen LogP contribution >= 0.6 is 0 Å². The van der Waals surface area contributed by atoms with Crippen LogP contribution in [0.15, 0.2) is 0 Å². The fraction of sp³-hybridized carbons (Fsp3) is 0.875. The molecule has 0 radical (unpaired) electrons. The van der Waals surface area contributed by atoms with E-state index in [9.17, 15) is 18.3 Å². The van der Waals surface area contributed by atoms with Crippen LogP contribution in [0.5, 0.6) is 0 Å². The summed E-state index contributed by atoms with van der Waals surface area (Å²) in [5.74, 6) is 0.343. The molecule has 0 saturated heterocycles. The predicted molar refractivity (Wildman–Crippen MR) is 50.0 cm³/mol. The number of aromatic nitrogens is 4. The molecular weight excluding hydrogens is 241 g/mol. The normalized spacial score (nSPS) is 13.9. The zero-order valence-corrected chi connectivity index (χ0v) is 9.18. The van der Waals surface area contributed by atoms with Crippen molar-refractivity contribution in [3.63, 3.8) is 0 Å². The van der Waals surface area contributed by atoms with Gasteiger partial charge in [0.15, 0.2) is 5.82 Å². The molecule has 0 spiro atoms. The molecule has 0 aliphatic rings. The molecule has 0 saturated carbocycles. The highest BCUT2D eigenvalue weighted by atomic mass is 19.4. The Morgan fingerprint density at radius 1 is 1.47 bits per heavy atom. The van der Waals surface area contributed by atoms with Crippen molar-refractivity contribution in [3.05, 3.63) is 5.82 Å². The van der Waals surface area contributed by atoms with Gasteiger partial charge in [-0.15, -0.1) is 10.2 Å². The monoisotopic (exact) mass is 254 g/mol. The maximum absolute atomic E-state index is 11.7. The molecular formula is C8H13F3N4O2. The molecule has 98 valence electrons. The van der Waals surface area contributed by atoms with Crippen LogP contribution < -0.4 is 0 Å². The quantitative estimate of drug-likeness (QED) is 0.728. The van der Waals surface area contributed by atoms with Crippen molar-refractivity contribution in [1.82, 2.24) is 20.2 Å². The Morgan fingerprint density at radius 3 is 2.71 bits per heavy atom. The molecule has 1 rings (SSSR count). The average molecular weight is 254 g/mol. The SMILES string of the molecule is Cn1nnc(CC(O)CCOCC(F)(F)F)n1. The predicted octanol–water partition coefficient (Wildman–Crippen LogP) is 0.0825. The van der Waals surface area contributed by atoms with Crippen LogP contribution in [-0.2, 0) is 18.2 Å². The summed E-state index contributed by atoms with van der Waals surface area (Å²) in [6.45, 7) is -1.47.